The van der Waals surface area contributed by atoms with Crippen LogP contribution in [0.5, 0.6) is 0 Å². The zero-order valence-electron chi connectivity index (χ0n) is 10.6. The summed E-state index contributed by atoms with van der Waals surface area (Å²) in [6, 6.07) is 0. The van der Waals surface area contributed by atoms with Gasteiger partial charge in [-0.1, -0.05) is 0 Å². The van der Waals surface area contributed by atoms with Gasteiger partial charge in [0.25, 0.3) is 0 Å². The van der Waals surface area contributed by atoms with Crippen LogP contribution in [-0.4, -0.2) is 43.8 Å². The molecule has 160 valence electrons. The summed E-state index contributed by atoms with van der Waals surface area (Å²) in [5.41, 5.74) is 0. The fourth-order valence-corrected chi connectivity index (χ4v) is 0. The van der Waals surface area contributed by atoms with Crippen LogP contribution in [-0.2, 0) is 0 Å². The van der Waals surface area contributed by atoms with Crippen molar-refractivity contribution in [2.45, 2.75) is 0 Å². The van der Waals surface area contributed by atoms with E-state index in [1.807, 2.05) is 0 Å². The summed E-state index contributed by atoms with van der Waals surface area (Å²) < 4.78 is 102. The Balaban J connectivity index is -0.00000000758. The van der Waals surface area contributed by atoms with Crippen molar-refractivity contribution in [2.24, 2.45) is 0 Å². The Labute approximate surface area is 165 Å². The van der Waals surface area contributed by atoms with Crippen molar-refractivity contribution >= 4 is 0 Å². The summed E-state index contributed by atoms with van der Waals surface area (Å²) >= 11 is 0. The number of rotatable bonds is 0. The second-order valence-corrected chi connectivity index (χ2v) is 3.40. The monoisotopic (exact) mass is 580 g/mol. The topological polar surface area (TPSA) is 529 Å². The first kappa shape index (κ1) is 84.5. The van der Waals surface area contributed by atoms with Crippen molar-refractivity contribution in [2.75, 3.05) is 0 Å². The van der Waals surface area contributed by atoms with E-state index in [0.717, 1.165) is 0 Å². The molecule has 0 radical (unpaired) electrons. The van der Waals surface area contributed by atoms with Crippen LogP contribution in [0.1, 0.15) is 0 Å². The average Bonchev–Trinajstić information content (AvgIpc) is 1.41. The van der Waals surface area contributed by atoms with E-state index in [-0.39, 0.29) is 79.4 Å². The fraction of sp³-hybridized carbons (Fsp3) is 0. The van der Waals surface area contributed by atoms with E-state index >= 15 is 0 Å². The zero-order valence-corrected chi connectivity index (χ0v) is 16.5. The van der Waals surface area contributed by atoms with E-state index in [1.165, 1.54) is 0 Å². The molecule has 0 fully saturated rings. The Kier molecular flexibility index (Phi) is 125. The van der Waals surface area contributed by atoms with E-state index < -0.39 is 30.7 Å². The van der Waals surface area contributed by atoms with Gasteiger partial charge in [-0.15, -0.1) is 30.7 Å². The summed E-state index contributed by atoms with van der Waals surface area (Å²) in [7, 11) is -14.8. The molecule has 0 aliphatic rings. The van der Waals surface area contributed by atoms with Crippen LogP contribution >= 0.6 is 0 Å². The van der Waals surface area contributed by atoms with E-state index in [1.54, 1.807) is 0 Å². The predicted octanol–water partition coefficient (Wildman–Crippen LogP) is -20.9. The van der Waals surface area contributed by atoms with Crippen molar-refractivity contribution in [1.82, 2.24) is 0 Å². The van der Waals surface area contributed by atoms with Crippen molar-refractivity contribution in [3.8, 4) is 0 Å². The zero-order chi connectivity index (χ0) is 13.5. The molecule has 0 atom stereocenters. The normalized spacial score (nSPS) is 7.50. The molecular weight excluding hydrogens is 565 g/mol. The SMILES string of the molecule is O.O.O.O.O.O.O.O.[La+3].[O-][Cl+3]([O-])([O-])[O-].[O-][Cl+3]([O-])([O-])[O-].[O-][Cl+3]([O-])([O-])[O-]. The minimum Gasteiger partial charge on any atom is -0.412 e. The van der Waals surface area contributed by atoms with E-state index in [0.29, 0.717) is 0 Å². The molecule has 0 saturated carbocycles. The molecular formula is H16Cl3LaO20. The van der Waals surface area contributed by atoms with Gasteiger partial charge in [-0.3, -0.25) is 0 Å². The Morgan fingerprint density at radius 2 is 0.250 bits per heavy atom. The second kappa shape index (κ2) is 35.4. The fourth-order valence-electron chi connectivity index (χ4n) is 0. The summed E-state index contributed by atoms with van der Waals surface area (Å²) in [5.74, 6) is 0. The van der Waals surface area contributed by atoms with Gasteiger partial charge in [-0.25, -0.2) is 55.9 Å². The number of halogens is 3. The molecule has 16 N–H and O–H groups in total. The van der Waals surface area contributed by atoms with Crippen molar-refractivity contribution in [3.05, 3.63) is 0 Å². The molecule has 0 aromatic carbocycles. The first-order valence-electron chi connectivity index (χ1n) is 1.85. The van der Waals surface area contributed by atoms with Crippen LogP contribution in [0, 0.1) is 66.3 Å². The molecule has 24 heteroatoms. The molecule has 0 bridgehead atoms. The molecule has 0 amide bonds. The maximum absolute atomic E-state index is 8.49. The van der Waals surface area contributed by atoms with Gasteiger partial charge in [0.1, 0.15) is 0 Å². The van der Waals surface area contributed by atoms with Crippen molar-refractivity contribution in [3.63, 3.8) is 0 Å². The van der Waals surface area contributed by atoms with Gasteiger partial charge >= 0.3 is 35.6 Å². The van der Waals surface area contributed by atoms with Gasteiger partial charge in [-0.05, 0) is 0 Å². The van der Waals surface area contributed by atoms with Crippen molar-refractivity contribution in [1.29, 1.82) is 0 Å². The third-order valence-electron chi connectivity index (χ3n) is 0. The molecule has 0 spiro atoms. The molecule has 24 heavy (non-hydrogen) atoms. The van der Waals surface area contributed by atoms with Gasteiger partial charge in [0.15, 0.2) is 0 Å². The molecule has 0 unspecified atom stereocenters. The Morgan fingerprint density at radius 3 is 0.250 bits per heavy atom. The first-order chi connectivity index (χ1) is 6.00. The van der Waals surface area contributed by atoms with E-state index in [9.17, 15) is 0 Å². The Morgan fingerprint density at radius 1 is 0.250 bits per heavy atom. The van der Waals surface area contributed by atoms with Gasteiger partial charge in [0.2, 0.25) is 0 Å². The third kappa shape index (κ3) is 7210. The Bertz CT molecular complexity index is 93.9. The van der Waals surface area contributed by atoms with Gasteiger partial charge in [0.05, 0.1) is 0 Å². The molecule has 0 saturated heterocycles. The molecule has 20 nitrogen and oxygen atoms in total. The summed E-state index contributed by atoms with van der Waals surface area (Å²) in [6.07, 6.45) is 0. The van der Waals surface area contributed by atoms with Gasteiger partial charge < -0.3 is 43.8 Å². The summed E-state index contributed by atoms with van der Waals surface area (Å²) in [5, 5.41) is 0. The van der Waals surface area contributed by atoms with Crippen LogP contribution in [0.25, 0.3) is 0 Å². The molecule has 0 aromatic heterocycles. The quantitative estimate of drug-likeness (QED) is 0.257. The molecule has 0 rings (SSSR count). The van der Waals surface area contributed by atoms with Crippen LogP contribution in [0.4, 0.5) is 0 Å². The first-order valence-corrected chi connectivity index (χ1v) is 5.55. The molecule has 0 aromatic rings. The van der Waals surface area contributed by atoms with Crippen molar-refractivity contribution < 1.29 is 166 Å². The number of hydrogen-bond acceptors (Lipinski definition) is 12. The standard InChI is InChI=1S/3ClHO4.La.8H2O/c3*2-1(3,4)5;;;;;;;;;/h3*(H,2,3,4,5);;8*1H2/q;;;+3;;;;;;;;/p-3. The van der Waals surface area contributed by atoms with Gasteiger partial charge in [0, 0.05) is 0 Å². The summed E-state index contributed by atoms with van der Waals surface area (Å²) in [4.78, 5) is 0. The number of hydrogen-bond donors (Lipinski definition) is 0. The van der Waals surface area contributed by atoms with Crippen LogP contribution in [0.2, 0.25) is 0 Å². The third-order valence-corrected chi connectivity index (χ3v) is 0. The van der Waals surface area contributed by atoms with Crippen LogP contribution < -0.4 is 55.9 Å². The predicted molar refractivity (Wildman–Crippen MR) is 28.9 cm³/mol. The van der Waals surface area contributed by atoms with Gasteiger partial charge in [-0.2, -0.15) is 0 Å². The minimum atomic E-state index is -4.94. The maximum atomic E-state index is 8.49. The Hall–Kier alpha value is 1.26. The largest absolute Gasteiger partial charge is 3.00 e. The second-order valence-electron chi connectivity index (χ2n) is 1.13. The van der Waals surface area contributed by atoms with Crippen LogP contribution in [0.15, 0.2) is 0 Å². The average molecular weight is 581 g/mol. The molecule has 0 heterocycles. The minimum absolute atomic E-state index is 0. The maximum Gasteiger partial charge on any atom is 3.00 e. The smallest absolute Gasteiger partial charge is 0.412 e. The van der Waals surface area contributed by atoms with Crippen LogP contribution in [0.3, 0.4) is 0 Å². The van der Waals surface area contributed by atoms with E-state index in [2.05, 4.69) is 0 Å². The molecule has 0 aliphatic carbocycles. The summed E-state index contributed by atoms with van der Waals surface area (Å²) in [6.45, 7) is 0. The van der Waals surface area contributed by atoms with E-state index in [4.69, 9.17) is 55.9 Å². The molecule has 0 aliphatic heterocycles.